The van der Waals surface area contributed by atoms with Gasteiger partial charge in [0.05, 0.1) is 6.54 Å². The summed E-state index contributed by atoms with van der Waals surface area (Å²) in [6.07, 6.45) is 0. The van der Waals surface area contributed by atoms with Crippen LogP contribution < -0.4 is 5.32 Å². The Morgan fingerprint density at radius 3 is 2.65 bits per heavy atom. The van der Waals surface area contributed by atoms with E-state index in [0.29, 0.717) is 16.1 Å². The maximum absolute atomic E-state index is 12.7. The predicted octanol–water partition coefficient (Wildman–Crippen LogP) is 3.26. The topological polar surface area (TPSA) is 29.1 Å². The van der Waals surface area contributed by atoms with E-state index < -0.39 is 0 Å². The van der Waals surface area contributed by atoms with Gasteiger partial charge < -0.3 is 5.32 Å². The molecular formula is C16H11ClFNO. The first-order valence-corrected chi connectivity index (χ1v) is 6.31. The molecule has 0 aliphatic heterocycles. The van der Waals surface area contributed by atoms with Crippen molar-refractivity contribution in [1.82, 2.24) is 5.32 Å². The molecule has 0 aromatic heterocycles. The lowest BCUT2D eigenvalue weighted by atomic mass is 10.2. The molecule has 0 bridgehead atoms. The molecule has 4 heteroatoms. The van der Waals surface area contributed by atoms with E-state index >= 15 is 0 Å². The number of carbonyl (C=O) groups excluding carboxylic acids is 1. The van der Waals surface area contributed by atoms with Crippen molar-refractivity contribution in [3.63, 3.8) is 0 Å². The molecule has 0 atom stereocenters. The van der Waals surface area contributed by atoms with Crippen molar-refractivity contribution in [3.8, 4) is 11.8 Å². The summed E-state index contributed by atoms with van der Waals surface area (Å²) in [5, 5.41) is 3.17. The number of hydrogen-bond donors (Lipinski definition) is 1. The Balaban J connectivity index is 1.90. The number of carbonyl (C=O) groups is 1. The molecule has 2 rings (SSSR count). The van der Waals surface area contributed by atoms with Crippen LogP contribution >= 0.6 is 11.6 Å². The van der Waals surface area contributed by atoms with E-state index in [1.54, 1.807) is 36.4 Å². The smallest absolute Gasteiger partial charge is 0.252 e. The van der Waals surface area contributed by atoms with Crippen LogP contribution in [0.1, 0.15) is 15.9 Å². The van der Waals surface area contributed by atoms with Crippen molar-refractivity contribution >= 4 is 17.5 Å². The Hall–Kier alpha value is -2.31. The van der Waals surface area contributed by atoms with Gasteiger partial charge in [0.25, 0.3) is 5.91 Å². The molecule has 0 aliphatic rings. The fourth-order valence-electron chi connectivity index (χ4n) is 1.54. The Bertz CT molecular complexity index is 671. The largest absolute Gasteiger partial charge is 0.341 e. The van der Waals surface area contributed by atoms with Crippen molar-refractivity contribution in [2.45, 2.75) is 0 Å². The summed E-state index contributed by atoms with van der Waals surface area (Å²) >= 11 is 5.80. The van der Waals surface area contributed by atoms with Gasteiger partial charge in [-0.25, -0.2) is 4.39 Å². The monoisotopic (exact) mass is 287 g/mol. The minimum Gasteiger partial charge on any atom is -0.341 e. The summed E-state index contributed by atoms with van der Waals surface area (Å²) in [4.78, 5) is 11.8. The second-order valence-corrected chi connectivity index (χ2v) is 4.44. The molecule has 1 N–H and O–H groups in total. The zero-order valence-corrected chi connectivity index (χ0v) is 11.2. The first-order chi connectivity index (χ1) is 9.65. The van der Waals surface area contributed by atoms with Gasteiger partial charge in [-0.2, -0.15) is 0 Å². The molecule has 20 heavy (non-hydrogen) atoms. The van der Waals surface area contributed by atoms with Gasteiger partial charge in [0, 0.05) is 16.1 Å². The maximum atomic E-state index is 12.7. The third-order valence-corrected chi connectivity index (χ3v) is 2.74. The van der Waals surface area contributed by atoms with Gasteiger partial charge in [-0.05, 0) is 42.5 Å². The number of benzene rings is 2. The molecule has 2 nitrogen and oxygen atoms in total. The quantitative estimate of drug-likeness (QED) is 0.844. The van der Waals surface area contributed by atoms with E-state index in [1.165, 1.54) is 12.1 Å². The van der Waals surface area contributed by atoms with E-state index in [-0.39, 0.29) is 18.3 Å². The Kier molecular flexibility index (Phi) is 4.75. The van der Waals surface area contributed by atoms with Crippen molar-refractivity contribution < 1.29 is 9.18 Å². The summed E-state index contributed by atoms with van der Waals surface area (Å²) in [5.41, 5.74) is 1.18. The van der Waals surface area contributed by atoms with Gasteiger partial charge in [-0.1, -0.05) is 29.5 Å². The van der Waals surface area contributed by atoms with E-state index in [1.807, 2.05) is 0 Å². The molecule has 0 saturated carbocycles. The van der Waals surface area contributed by atoms with Crippen LogP contribution in [0.15, 0.2) is 48.5 Å². The molecule has 0 saturated heterocycles. The lowest BCUT2D eigenvalue weighted by Gasteiger charge is -2.01. The van der Waals surface area contributed by atoms with Gasteiger partial charge in [0.1, 0.15) is 5.82 Å². The fourth-order valence-corrected chi connectivity index (χ4v) is 1.73. The average molecular weight is 288 g/mol. The van der Waals surface area contributed by atoms with Crippen LogP contribution in [0, 0.1) is 17.7 Å². The molecule has 1 amide bonds. The highest BCUT2D eigenvalue weighted by molar-refractivity contribution is 6.30. The number of rotatable bonds is 2. The Morgan fingerprint density at radius 2 is 1.95 bits per heavy atom. The number of hydrogen-bond acceptors (Lipinski definition) is 1. The summed E-state index contributed by atoms with van der Waals surface area (Å²) in [7, 11) is 0. The second kappa shape index (κ2) is 6.74. The van der Waals surface area contributed by atoms with Gasteiger partial charge in [0.15, 0.2) is 0 Å². The van der Waals surface area contributed by atoms with Crippen LogP contribution in [0.5, 0.6) is 0 Å². The molecule has 2 aromatic rings. The summed E-state index contributed by atoms with van der Waals surface area (Å²) in [6, 6.07) is 12.5. The SMILES string of the molecule is O=C(NCC#Cc1ccc(F)cc1)c1cccc(Cl)c1. The third kappa shape index (κ3) is 4.11. The summed E-state index contributed by atoms with van der Waals surface area (Å²) in [5.74, 6) is 5.10. The fraction of sp³-hybridized carbons (Fsp3) is 0.0625. The van der Waals surface area contributed by atoms with Crippen LogP contribution in [0.4, 0.5) is 4.39 Å². The molecule has 0 aliphatic carbocycles. The first kappa shape index (κ1) is 14.1. The molecule has 0 radical (unpaired) electrons. The molecule has 0 fully saturated rings. The Morgan fingerprint density at radius 1 is 1.20 bits per heavy atom. The summed E-state index contributed by atoms with van der Waals surface area (Å²) < 4.78 is 12.7. The van der Waals surface area contributed by atoms with Gasteiger partial charge in [0.2, 0.25) is 0 Å². The highest BCUT2D eigenvalue weighted by Gasteiger charge is 2.03. The molecular weight excluding hydrogens is 277 g/mol. The zero-order valence-electron chi connectivity index (χ0n) is 10.5. The highest BCUT2D eigenvalue weighted by Crippen LogP contribution is 2.10. The first-order valence-electron chi connectivity index (χ1n) is 5.93. The van der Waals surface area contributed by atoms with E-state index in [2.05, 4.69) is 17.2 Å². The highest BCUT2D eigenvalue weighted by atomic mass is 35.5. The van der Waals surface area contributed by atoms with Crippen molar-refractivity contribution in [2.24, 2.45) is 0 Å². The minimum atomic E-state index is -0.301. The van der Waals surface area contributed by atoms with Crippen molar-refractivity contribution in [1.29, 1.82) is 0 Å². The number of halogens is 2. The molecule has 2 aromatic carbocycles. The van der Waals surface area contributed by atoms with Crippen LogP contribution in [0.25, 0.3) is 0 Å². The van der Waals surface area contributed by atoms with Gasteiger partial charge in [-0.3, -0.25) is 4.79 Å². The molecule has 0 unspecified atom stereocenters. The lowest BCUT2D eigenvalue weighted by Crippen LogP contribution is -2.23. The Labute approximate surface area is 121 Å². The lowest BCUT2D eigenvalue weighted by molar-refractivity contribution is 0.0958. The zero-order chi connectivity index (χ0) is 14.4. The number of amides is 1. The maximum Gasteiger partial charge on any atom is 0.252 e. The normalized spacial score (nSPS) is 9.50. The standard InChI is InChI=1S/C16H11ClFNO/c17-14-5-1-4-13(11-14)16(20)19-10-2-3-12-6-8-15(18)9-7-12/h1,4-9,11H,10H2,(H,19,20). The predicted molar refractivity (Wildman–Crippen MR) is 77.1 cm³/mol. The summed E-state index contributed by atoms with van der Waals surface area (Å²) in [6.45, 7) is 0.211. The second-order valence-electron chi connectivity index (χ2n) is 4.00. The van der Waals surface area contributed by atoms with Crippen LogP contribution in [0.2, 0.25) is 5.02 Å². The van der Waals surface area contributed by atoms with Crippen LogP contribution in [0.3, 0.4) is 0 Å². The van der Waals surface area contributed by atoms with Crippen LogP contribution in [-0.4, -0.2) is 12.5 Å². The minimum absolute atomic E-state index is 0.211. The van der Waals surface area contributed by atoms with Gasteiger partial charge in [-0.15, -0.1) is 0 Å². The molecule has 0 heterocycles. The van der Waals surface area contributed by atoms with Crippen molar-refractivity contribution in [2.75, 3.05) is 6.54 Å². The van der Waals surface area contributed by atoms with Crippen LogP contribution in [-0.2, 0) is 0 Å². The van der Waals surface area contributed by atoms with E-state index in [9.17, 15) is 9.18 Å². The van der Waals surface area contributed by atoms with Crippen molar-refractivity contribution in [3.05, 3.63) is 70.5 Å². The molecule has 100 valence electrons. The molecule has 0 spiro atoms. The van der Waals surface area contributed by atoms with E-state index in [0.717, 1.165) is 0 Å². The number of nitrogens with one attached hydrogen (secondary N) is 1. The van der Waals surface area contributed by atoms with Gasteiger partial charge >= 0.3 is 0 Å². The average Bonchev–Trinajstić information content (AvgIpc) is 2.45. The van der Waals surface area contributed by atoms with E-state index in [4.69, 9.17) is 11.6 Å². The third-order valence-electron chi connectivity index (χ3n) is 2.50.